The Bertz CT molecular complexity index is 172. The van der Waals surface area contributed by atoms with Gasteiger partial charge in [-0.05, 0) is 11.4 Å². The normalized spacial score (nSPS) is 10.7. The quantitative estimate of drug-likeness (QED) is 0.620. The first kappa shape index (κ1) is 7.94. The van der Waals surface area contributed by atoms with Crippen molar-refractivity contribution in [3.8, 4) is 0 Å². The van der Waals surface area contributed by atoms with Crippen LogP contribution in [-0.2, 0) is 8.85 Å². The highest BCUT2D eigenvalue weighted by atomic mass is 32.1. The molecule has 0 fully saturated rings. The minimum Gasteiger partial charge on any atom is -0.396 e. The topological polar surface area (TPSA) is 18.5 Å². The van der Waals surface area contributed by atoms with Gasteiger partial charge in [-0.2, -0.15) is 0 Å². The Hall–Kier alpha value is -0.163. The second kappa shape index (κ2) is 3.87. The first-order valence-corrected chi connectivity index (χ1v) is 5.37. The highest BCUT2D eigenvalue weighted by Gasteiger charge is 2.12. The van der Waals surface area contributed by atoms with Gasteiger partial charge in [0.05, 0.1) is 0 Å². The molecule has 0 radical (unpaired) electrons. The summed E-state index contributed by atoms with van der Waals surface area (Å²) in [6.07, 6.45) is 0. The zero-order valence-electron chi connectivity index (χ0n) is 6.03. The molecule has 1 heterocycles. The standard InChI is InChI=1S/C6H10O2SSi/c1-7-10(8-2)6-4-3-5-9-6/h3-5,10H,1-2H3. The third-order valence-electron chi connectivity index (χ3n) is 1.20. The second-order valence-corrected chi connectivity index (χ2v) is 5.45. The average molecular weight is 174 g/mol. The van der Waals surface area contributed by atoms with E-state index in [4.69, 9.17) is 8.85 Å². The van der Waals surface area contributed by atoms with E-state index in [1.54, 1.807) is 25.6 Å². The molecule has 0 saturated carbocycles. The SMILES string of the molecule is CO[SiH](OC)c1cccs1. The van der Waals surface area contributed by atoms with Gasteiger partial charge >= 0.3 is 9.28 Å². The third kappa shape index (κ3) is 1.66. The van der Waals surface area contributed by atoms with Crippen molar-refractivity contribution in [1.82, 2.24) is 0 Å². The van der Waals surface area contributed by atoms with Gasteiger partial charge in [-0.25, -0.2) is 0 Å². The van der Waals surface area contributed by atoms with Gasteiger partial charge in [-0.3, -0.25) is 0 Å². The van der Waals surface area contributed by atoms with Crippen molar-refractivity contribution >= 4 is 25.1 Å². The van der Waals surface area contributed by atoms with Gasteiger partial charge in [0, 0.05) is 18.7 Å². The maximum Gasteiger partial charge on any atom is 0.365 e. The Labute approximate surface area is 66.3 Å². The maximum atomic E-state index is 5.17. The molecule has 4 heteroatoms. The summed E-state index contributed by atoms with van der Waals surface area (Å²) in [6.45, 7) is 0. The molecule has 0 saturated heterocycles. The van der Waals surface area contributed by atoms with Crippen LogP contribution in [0.3, 0.4) is 0 Å². The number of thiophene rings is 1. The molecule has 1 aromatic heterocycles. The van der Waals surface area contributed by atoms with E-state index in [0.717, 1.165) is 0 Å². The van der Waals surface area contributed by atoms with Crippen LogP contribution < -0.4 is 4.50 Å². The van der Waals surface area contributed by atoms with Crippen LogP contribution in [0.4, 0.5) is 0 Å². The Morgan fingerprint density at radius 3 is 2.50 bits per heavy atom. The molecule has 1 aromatic rings. The lowest BCUT2D eigenvalue weighted by Crippen LogP contribution is -2.32. The highest BCUT2D eigenvalue weighted by molar-refractivity contribution is 7.20. The molecule has 0 spiro atoms. The lowest BCUT2D eigenvalue weighted by atomic mass is 10.7. The van der Waals surface area contributed by atoms with Crippen LogP contribution in [-0.4, -0.2) is 23.5 Å². The summed E-state index contributed by atoms with van der Waals surface area (Å²) in [5.41, 5.74) is 0. The van der Waals surface area contributed by atoms with Gasteiger partial charge in [0.25, 0.3) is 0 Å². The van der Waals surface area contributed by atoms with E-state index in [1.165, 1.54) is 4.50 Å². The summed E-state index contributed by atoms with van der Waals surface area (Å²) in [6, 6.07) is 4.06. The van der Waals surface area contributed by atoms with Crippen molar-refractivity contribution in [2.24, 2.45) is 0 Å². The zero-order chi connectivity index (χ0) is 7.40. The Morgan fingerprint density at radius 1 is 1.40 bits per heavy atom. The van der Waals surface area contributed by atoms with Crippen molar-refractivity contribution in [2.45, 2.75) is 0 Å². The highest BCUT2D eigenvalue weighted by Crippen LogP contribution is 1.97. The molecule has 0 bridgehead atoms. The Balaban J connectivity index is 2.64. The van der Waals surface area contributed by atoms with E-state index in [9.17, 15) is 0 Å². The molecule has 0 aromatic carbocycles. The van der Waals surface area contributed by atoms with Crippen LogP contribution in [0.15, 0.2) is 17.5 Å². The van der Waals surface area contributed by atoms with Crippen LogP contribution in [0, 0.1) is 0 Å². The predicted molar refractivity (Wildman–Crippen MR) is 45.1 cm³/mol. The molecule has 0 N–H and O–H groups in total. The smallest absolute Gasteiger partial charge is 0.365 e. The van der Waals surface area contributed by atoms with Gasteiger partial charge < -0.3 is 8.85 Å². The van der Waals surface area contributed by atoms with Crippen LogP contribution in [0.2, 0.25) is 0 Å². The van der Waals surface area contributed by atoms with Crippen molar-refractivity contribution in [1.29, 1.82) is 0 Å². The molecule has 10 heavy (non-hydrogen) atoms. The fourth-order valence-electron chi connectivity index (χ4n) is 0.754. The molecule has 0 aliphatic heterocycles. The molecule has 0 aliphatic carbocycles. The number of hydrogen-bond acceptors (Lipinski definition) is 3. The van der Waals surface area contributed by atoms with Gasteiger partial charge in [0.15, 0.2) is 0 Å². The number of rotatable bonds is 3. The largest absolute Gasteiger partial charge is 0.396 e. The summed E-state index contributed by atoms with van der Waals surface area (Å²) in [7, 11) is 1.91. The fraction of sp³-hybridized carbons (Fsp3) is 0.333. The third-order valence-corrected chi connectivity index (χ3v) is 4.40. The predicted octanol–water partition coefficient (Wildman–Crippen LogP) is 0.468. The van der Waals surface area contributed by atoms with Crippen LogP contribution >= 0.6 is 11.3 Å². The summed E-state index contributed by atoms with van der Waals surface area (Å²) < 4.78 is 11.6. The van der Waals surface area contributed by atoms with E-state index < -0.39 is 9.28 Å². The minimum atomic E-state index is -1.48. The lowest BCUT2D eigenvalue weighted by Gasteiger charge is -2.06. The molecular weight excluding hydrogens is 164 g/mol. The molecular formula is C6H10O2SSi. The molecule has 2 nitrogen and oxygen atoms in total. The van der Waals surface area contributed by atoms with E-state index in [-0.39, 0.29) is 0 Å². The minimum absolute atomic E-state index is 1.24. The van der Waals surface area contributed by atoms with E-state index in [0.29, 0.717) is 0 Å². The van der Waals surface area contributed by atoms with Gasteiger partial charge in [0.1, 0.15) is 0 Å². The second-order valence-electron chi connectivity index (χ2n) is 1.82. The van der Waals surface area contributed by atoms with Crippen LogP contribution in [0.5, 0.6) is 0 Å². The van der Waals surface area contributed by atoms with Crippen LogP contribution in [0.1, 0.15) is 0 Å². The molecule has 0 unspecified atom stereocenters. The molecule has 56 valence electrons. The monoisotopic (exact) mass is 174 g/mol. The summed E-state index contributed by atoms with van der Waals surface area (Å²) in [5.74, 6) is 0. The Kier molecular flexibility index (Phi) is 3.08. The average Bonchev–Trinajstić information content (AvgIpc) is 2.43. The van der Waals surface area contributed by atoms with Crippen LogP contribution in [0.25, 0.3) is 0 Å². The van der Waals surface area contributed by atoms with E-state index >= 15 is 0 Å². The van der Waals surface area contributed by atoms with Crippen molar-refractivity contribution < 1.29 is 8.85 Å². The van der Waals surface area contributed by atoms with Crippen molar-refractivity contribution in [3.05, 3.63) is 17.5 Å². The van der Waals surface area contributed by atoms with Gasteiger partial charge in [0.2, 0.25) is 0 Å². The van der Waals surface area contributed by atoms with Crippen molar-refractivity contribution in [3.63, 3.8) is 0 Å². The first-order valence-electron chi connectivity index (χ1n) is 2.97. The van der Waals surface area contributed by atoms with Gasteiger partial charge in [-0.15, -0.1) is 11.3 Å². The molecule has 0 aliphatic rings. The van der Waals surface area contributed by atoms with Gasteiger partial charge in [-0.1, -0.05) is 6.07 Å². The lowest BCUT2D eigenvalue weighted by molar-refractivity contribution is 0.292. The first-order chi connectivity index (χ1) is 4.88. The zero-order valence-corrected chi connectivity index (χ0v) is 8.01. The molecule has 1 rings (SSSR count). The van der Waals surface area contributed by atoms with E-state index in [1.807, 2.05) is 11.4 Å². The Morgan fingerprint density at radius 2 is 2.10 bits per heavy atom. The fourth-order valence-corrected chi connectivity index (χ4v) is 3.41. The summed E-state index contributed by atoms with van der Waals surface area (Å²) >= 11 is 1.69. The van der Waals surface area contributed by atoms with E-state index in [2.05, 4.69) is 6.07 Å². The summed E-state index contributed by atoms with van der Waals surface area (Å²) in [5, 5.41) is 2.04. The summed E-state index contributed by atoms with van der Waals surface area (Å²) in [4.78, 5) is 0. The number of hydrogen-bond donors (Lipinski definition) is 0. The molecule has 0 atom stereocenters. The maximum absolute atomic E-state index is 5.17. The molecule has 0 amide bonds. The van der Waals surface area contributed by atoms with Crippen molar-refractivity contribution in [2.75, 3.05) is 14.2 Å².